The number of rotatable bonds is 11. The Morgan fingerprint density at radius 2 is 1.82 bits per heavy atom. The summed E-state index contributed by atoms with van der Waals surface area (Å²) in [5.74, 6) is -0.140. The minimum atomic E-state index is -0.705. The summed E-state index contributed by atoms with van der Waals surface area (Å²) in [4.78, 5) is 52.5. The highest BCUT2D eigenvalue weighted by Gasteiger charge is 2.20. The van der Waals surface area contributed by atoms with Crippen LogP contribution in [0.3, 0.4) is 0 Å². The summed E-state index contributed by atoms with van der Waals surface area (Å²) in [6.07, 6.45) is 2.54. The van der Waals surface area contributed by atoms with Crippen molar-refractivity contribution in [2.75, 3.05) is 32.7 Å². The predicted octanol–water partition coefficient (Wildman–Crippen LogP) is 2.07. The molecule has 0 radical (unpaired) electrons. The third-order valence-electron chi connectivity index (χ3n) is 6.76. The zero-order valence-corrected chi connectivity index (χ0v) is 22.5. The van der Waals surface area contributed by atoms with Crippen molar-refractivity contribution in [3.63, 3.8) is 0 Å². The number of carbonyl (C=O) groups is 2. The maximum atomic E-state index is 13.5. The van der Waals surface area contributed by atoms with Gasteiger partial charge in [0.05, 0.1) is 31.2 Å². The molecule has 1 aliphatic heterocycles. The molecule has 1 atom stereocenters. The fourth-order valence-corrected chi connectivity index (χ4v) is 4.64. The van der Waals surface area contributed by atoms with Gasteiger partial charge in [-0.3, -0.25) is 23.5 Å². The zero-order chi connectivity index (χ0) is 27.9. The quantitative estimate of drug-likeness (QED) is 0.382. The number of carbonyl (C=O) groups excluding carboxylic acids is 2. The van der Waals surface area contributed by atoms with Crippen molar-refractivity contribution >= 4 is 28.4 Å². The van der Waals surface area contributed by atoms with E-state index in [0.29, 0.717) is 30.3 Å². The first kappa shape index (κ1) is 27.9. The largest absolute Gasteiger partial charge is 0.493 e. The highest BCUT2D eigenvalue weighted by Crippen LogP contribution is 2.30. The summed E-state index contributed by atoms with van der Waals surface area (Å²) in [6.45, 7) is 2.57. The lowest BCUT2D eigenvalue weighted by molar-refractivity contribution is -0.122. The van der Waals surface area contributed by atoms with Crippen LogP contribution in [0.25, 0.3) is 10.9 Å². The molecule has 1 aliphatic rings. The smallest absolute Gasteiger partial charge is 0.331 e. The molecule has 1 aromatic heterocycles. The molecule has 0 unspecified atom stereocenters. The Kier molecular flexibility index (Phi) is 9.03. The molecule has 39 heavy (non-hydrogen) atoms. The van der Waals surface area contributed by atoms with Crippen LogP contribution in [0.5, 0.6) is 11.5 Å². The average Bonchev–Trinajstić information content (AvgIpc) is 3.47. The van der Waals surface area contributed by atoms with E-state index in [9.17, 15) is 19.2 Å². The number of nitrogens with one attached hydrogen (secondary N) is 2. The van der Waals surface area contributed by atoms with Crippen LogP contribution in [-0.4, -0.2) is 54.4 Å². The van der Waals surface area contributed by atoms with Crippen LogP contribution >= 0.6 is 0 Å². The molecule has 2 heterocycles. The van der Waals surface area contributed by atoms with Crippen molar-refractivity contribution in [2.45, 2.75) is 51.8 Å². The molecule has 0 spiro atoms. The second kappa shape index (κ2) is 12.6. The van der Waals surface area contributed by atoms with Crippen molar-refractivity contribution in [1.29, 1.82) is 0 Å². The summed E-state index contributed by atoms with van der Waals surface area (Å²) in [5, 5.41) is 5.78. The fraction of sp³-hybridized carbons (Fsp3) is 0.429. The molecule has 11 heteroatoms. The highest BCUT2D eigenvalue weighted by molar-refractivity contribution is 5.92. The van der Waals surface area contributed by atoms with Crippen molar-refractivity contribution in [3.05, 3.63) is 62.8 Å². The van der Waals surface area contributed by atoms with Crippen LogP contribution in [0.2, 0.25) is 0 Å². The van der Waals surface area contributed by atoms with Gasteiger partial charge in [0.1, 0.15) is 6.54 Å². The number of aromatic nitrogens is 2. The number of hydrogen-bond donors (Lipinski definition) is 2. The van der Waals surface area contributed by atoms with Crippen LogP contribution in [-0.2, 0) is 33.8 Å². The first-order chi connectivity index (χ1) is 18.8. The maximum Gasteiger partial charge on any atom is 0.331 e. The van der Waals surface area contributed by atoms with Crippen molar-refractivity contribution in [1.82, 2.24) is 14.5 Å². The van der Waals surface area contributed by atoms with E-state index in [2.05, 4.69) is 10.6 Å². The Balaban J connectivity index is 1.65. The summed E-state index contributed by atoms with van der Waals surface area (Å²) < 4.78 is 18.4. The van der Waals surface area contributed by atoms with Crippen LogP contribution in [0.1, 0.15) is 31.7 Å². The standard InChI is InChI=1S/C28H34N4O7/c1-4-18-7-5-8-19(13-18)30-26(34)17-32-22-15-24(38-3)23(37-2)14-21(22)27(35)31(28(32)36)11-10-25(33)29-16-20-9-6-12-39-20/h5,7-8,13-15,20H,4,6,9-12,16-17H2,1-3H3,(H,29,33)(H,30,34)/t20-/m0/s1. The molecular formula is C28H34N4O7. The van der Waals surface area contributed by atoms with Gasteiger partial charge in [-0.2, -0.15) is 0 Å². The van der Waals surface area contributed by atoms with Gasteiger partial charge in [0.25, 0.3) is 5.56 Å². The Hall–Kier alpha value is -4.12. The number of ether oxygens (including phenoxy) is 3. The predicted molar refractivity (Wildman–Crippen MR) is 147 cm³/mol. The number of fused-ring (bicyclic) bond motifs is 1. The van der Waals surface area contributed by atoms with Gasteiger partial charge < -0.3 is 24.8 Å². The minimum Gasteiger partial charge on any atom is -0.493 e. The van der Waals surface area contributed by atoms with E-state index in [1.807, 2.05) is 25.1 Å². The van der Waals surface area contributed by atoms with E-state index in [0.717, 1.165) is 29.4 Å². The molecule has 2 aromatic carbocycles. The van der Waals surface area contributed by atoms with Gasteiger partial charge in [-0.15, -0.1) is 0 Å². The van der Waals surface area contributed by atoms with Crippen LogP contribution < -0.4 is 31.4 Å². The lowest BCUT2D eigenvalue weighted by atomic mass is 10.1. The van der Waals surface area contributed by atoms with Crippen molar-refractivity contribution < 1.29 is 23.8 Å². The van der Waals surface area contributed by atoms with Gasteiger partial charge in [0.2, 0.25) is 11.8 Å². The highest BCUT2D eigenvalue weighted by atomic mass is 16.5. The number of hydrogen-bond acceptors (Lipinski definition) is 7. The number of nitrogens with zero attached hydrogens (tertiary/aromatic N) is 2. The summed E-state index contributed by atoms with van der Waals surface area (Å²) in [6, 6.07) is 10.4. The molecule has 1 saturated heterocycles. The lowest BCUT2D eigenvalue weighted by Crippen LogP contribution is -2.43. The third-order valence-corrected chi connectivity index (χ3v) is 6.76. The topological polar surface area (TPSA) is 130 Å². The molecule has 1 fully saturated rings. The van der Waals surface area contributed by atoms with E-state index in [-0.39, 0.29) is 42.4 Å². The molecule has 2 amide bonds. The lowest BCUT2D eigenvalue weighted by Gasteiger charge is -2.17. The molecular weight excluding hydrogens is 504 g/mol. The number of amides is 2. The number of aryl methyl sites for hydroxylation is 1. The van der Waals surface area contributed by atoms with E-state index < -0.39 is 17.2 Å². The fourth-order valence-electron chi connectivity index (χ4n) is 4.64. The molecule has 0 bridgehead atoms. The van der Waals surface area contributed by atoms with E-state index in [1.165, 1.54) is 30.9 Å². The molecule has 0 saturated carbocycles. The van der Waals surface area contributed by atoms with Crippen LogP contribution in [0.15, 0.2) is 46.0 Å². The van der Waals surface area contributed by atoms with Crippen molar-refractivity contribution in [3.8, 4) is 11.5 Å². The first-order valence-corrected chi connectivity index (χ1v) is 13.0. The summed E-state index contributed by atoms with van der Waals surface area (Å²) >= 11 is 0. The molecule has 208 valence electrons. The van der Waals surface area contributed by atoms with E-state index in [4.69, 9.17) is 14.2 Å². The molecule has 2 N–H and O–H groups in total. The van der Waals surface area contributed by atoms with Crippen molar-refractivity contribution in [2.24, 2.45) is 0 Å². The van der Waals surface area contributed by atoms with Gasteiger partial charge in [0, 0.05) is 37.9 Å². The number of methoxy groups -OCH3 is 2. The Bertz CT molecular complexity index is 1470. The summed E-state index contributed by atoms with van der Waals surface area (Å²) in [5.41, 5.74) is 0.587. The Labute approximate surface area is 225 Å². The van der Waals surface area contributed by atoms with Crippen LogP contribution in [0, 0.1) is 0 Å². The molecule has 0 aliphatic carbocycles. The molecule has 4 rings (SSSR count). The van der Waals surface area contributed by atoms with Gasteiger partial charge >= 0.3 is 5.69 Å². The maximum absolute atomic E-state index is 13.5. The van der Waals surface area contributed by atoms with Gasteiger partial charge in [0.15, 0.2) is 11.5 Å². The number of anilines is 1. The minimum absolute atomic E-state index is 0.0199. The Morgan fingerprint density at radius 1 is 1.05 bits per heavy atom. The average molecular weight is 539 g/mol. The second-order valence-corrected chi connectivity index (χ2v) is 9.34. The van der Waals surface area contributed by atoms with Gasteiger partial charge in [-0.05, 0) is 43.0 Å². The third kappa shape index (κ3) is 6.48. The molecule has 3 aromatic rings. The SMILES string of the molecule is CCc1cccc(NC(=O)Cn2c(=O)n(CCC(=O)NC[C@@H]3CCCO3)c(=O)c3cc(OC)c(OC)cc32)c1. The van der Waals surface area contributed by atoms with Crippen LogP contribution in [0.4, 0.5) is 5.69 Å². The van der Waals surface area contributed by atoms with E-state index in [1.54, 1.807) is 6.07 Å². The van der Waals surface area contributed by atoms with Gasteiger partial charge in [-0.25, -0.2) is 4.79 Å². The summed E-state index contributed by atoms with van der Waals surface area (Å²) in [7, 11) is 2.88. The monoisotopic (exact) mass is 538 g/mol. The van der Waals surface area contributed by atoms with E-state index >= 15 is 0 Å². The molecule has 11 nitrogen and oxygen atoms in total. The first-order valence-electron chi connectivity index (χ1n) is 13.0. The normalized spacial score (nSPS) is 14.8. The van der Waals surface area contributed by atoms with Gasteiger partial charge in [-0.1, -0.05) is 19.1 Å². The number of benzene rings is 2. The zero-order valence-electron chi connectivity index (χ0n) is 22.5. The second-order valence-electron chi connectivity index (χ2n) is 9.34. The Morgan fingerprint density at radius 3 is 2.51 bits per heavy atom.